The van der Waals surface area contributed by atoms with E-state index in [1.807, 2.05) is 0 Å². The van der Waals surface area contributed by atoms with Gasteiger partial charge in [0.25, 0.3) is 0 Å². The SMILES string of the molecule is COC(=O)C(OC)C1CN(S(=O)(=O)c2cn[nH]c2C2CCC2)C1. The van der Waals surface area contributed by atoms with Crippen LogP contribution in [0, 0.1) is 5.92 Å². The van der Waals surface area contributed by atoms with Gasteiger partial charge in [0.15, 0.2) is 6.10 Å². The predicted molar refractivity (Wildman–Crippen MR) is 80.2 cm³/mol. The number of carbonyl (C=O) groups is 1. The first kappa shape index (κ1) is 16.4. The molecule has 0 bridgehead atoms. The number of hydrogen-bond acceptors (Lipinski definition) is 6. The van der Waals surface area contributed by atoms with Crippen LogP contribution in [0.15, 0.2) is 11.1 Å². The van der Waals surface area contributed by atoms with Gasteiger partial charge in [0.05, 0.1) is 19.0 Å². The Balaban J connectivity index is 1.71. The summed E-state index contributed by atoms with van der Waals surface area (Å²) in [4.78, 5) is 11.9. The van der Waals surface area contributed by atoms with Crippen molar-refractivity contribution in [3.8, 4) is 0 Å². The number of rotatable bonds is 6. The van der Waals surface area contributed by atoms with Gasteiger partial charge in [-0.25, -0.2) is 13.2 Å². The number of sulfonamides is 1. The Labute approximate surface area is 135 Å². The van der Waals surface area contributed by atoms with Gasteiger partial charge in [-0.1, -0.05) is 6.42 Å². The number of hydrogen-bond donors (Lipinski definition) is 1. The van der Waals surface area contributed by atoms with E-state index in [9.17, 15) is 13.2 Å². The Kier molecular flexibility index (Phi) is 4.43. The minimum Gasteiger partial charge on any atom is -0.467 e. The van der Waals surface area contributed by atoms with Gasteiger partial charge < -0.3 is 9.47 Å². The molecule has 1 aliphatic carbocycles. The van der Waals surface area contributed by atoms with Crippen molar-refractivity contribution < 1.29 is 22.7 Å². The zero-order valence-electron chi connectivity index (χ0n) is 13.2. The van der Waals surface area contributed by atoms with Crippen LogP contribution in [0.1, 0.15) is 30.9 Å². The van der Waals surface area contributed by atoms with Gasteiger partial charge in [0, 0.05) is 32.0 Å². The second kappa shape index (κ2) is 6.21. The van der Waals surface area contributed by atoms with Crippen LogP contribution in [0.3, 0.4) is 0 Å². The van der Waals surface area contributed by atoms with Crippen LogP contribution < -0.4 is 0 Å². The molecule has 1 N–H and O–H groups in total. The van der Waals surface area contributed by atoms with Gasteiger partial charge in [-0.2, -0.15) is 9.40 Å². The highest BCUT2D eigenvalue weighted by Crippen LogP contribution is 2.39. The van der Waals surface area contributed by atoms with Gasteiger partial charge in [0.1, 0.15) is 4.90 Å². The summed E-state index contributed by atoms with van der Waals surface area (Å²) < 4.78 is 36.7. The van der Waals surface area contributed by atoms with Crippen LogP contribution >= 0.6 is 0 Å². The first-order valence-electron chi connectivity index (χ1n) is 7.63. The van der Waals surface area contributed by atoms with Crippen LogP contribution in [0.5, 0.6) is 0 Å². The fourth-order valence-electron chi connectivity index (χ4n) is 3.07. The van der Waals surface area contributed by atoms with E-state index in [4.69, 9.17) is 4.74 Å². The molecular weight excluding hydrogens is 322 g/mol. The summed E-state index contributed by atoms with van der Waals surface area (Å²) in [7, 11) is -0.876. The van der Waals surface area contributed by atoms with E-state index in [1.54, 1.807) is 0 Å². The molecule has 1 unspecified atom stereocenters. The molecular formula is C14H21N3O5S. The van der Waals surface area contributed by atoms with Crippen LogP contribution in [0.2, 0.25) is 0 Å². The third-order valence-electron chi connectivity index (χ3n) is 4.76. The molecule has 0 aromatic carbocycles. The standard InChI is InChI=1S/C14H21N3O5S/c1-21-13(14(18)22-2)10-7-17(8-10)23(19,20)11-6-15-16-12(11)9-4-3-5-9/h6,9-10,13H,3-5,7-8H2,1-2H3,(H,15,16). The summed E-state index contributed by atoms with van der Waals surface area (Å²) in [5.74, 6) is -0.421. The lowest BCUT2D eigenvalue weighted by Crippen LogP contribution is -2.56. The molecule has 1 saturated carbocycles. The monoisotopic (exact) mass is 343 g/mol. The highest BCUT2D eigenvalue weighted by Gasteiger charge is 2.45. The van der Waals surface area contributed by atoms with E-state index in [1.165, 1.54) is 24.7 Å². The third kappa shape index (κ3) is 2.77. The van der Waals surface area contributed by atoms with Gasteiger partial charge >= 0.3 is 5.97 Å². The molecule has 0 radical (unpaired) electrons. The largest absolute Gasteiger partial charge is 0.467 e. The molecule has 9 heteroatoms. The number of aromatic nitrogens is 2. The number of ether oxygens (including phenoxy) is 2. The molecule has 2 aliphatic rings. The average Bonchev–Trinajstić information content (AvgIpc) is 2.88. The number of esters is 1. The smallest absolute Gasteiger partial charge is 0.335 e. The summed E-state index contributed by atoms with van der Waals surface area (Å²) in [6.45, 7) is 0.483. The molecule has 0 amide bonds. The Morgan fingerprint density at radius 1 is 1.39 bits per heavy atom. The van der Waals surface area contributed by atoms with Crippen molar-refractivity contribution in [1.29, 1.82) is 0 Å². The van der Waals surface area contributed by atoms with Crippen molar-refractivity contribution in [3.63, 3.8) is 0 Å². The topological polar surface area (TPSA) is 102 Å². The van der Waals surface area contributed by atoms with Crippen molar-refractivity contribution in [1.82, 2.24) is 14.5 Å². The summed E-state index contributed by atoms with van der Waals surface area (Å²) >= 11 is 0. The summed E-state index contributed by atoms with van der Waals surface area (Å²) in [5, 5.41) is 6.75. The number of carbonyl (C=O) groups excluding carboxylic acids is 1. The van der Waals surface area contributed by atoms with Gasteiger partial charge in [-0.15, -0.1) is 0 Å². The molecule has 1 atom stereocenters. The van der Waals surface area contributed by atoms with Crippen LogP contribution in [0.4, 0.5) is 0 Å². The molecule has 2 fully saturated rings. The molecule has 1 saturated heterocycles. The molecule has 23 heavy (non-hydrogen) atoms. The minimum absolute atomic E-state index is 0.193. The number of nitrogens with zero attached hydrogens (tertiary/aromatic N) is 2. The first-order chi connectivity index (χ1) is 11.0. The second-order valence-corrected chi connectivity index (χ2v) is 7.94. The van der Waals surface area contributed by atoms with E-state index in [-0.39, 0.29) is 29.8 Å². The summed E-state index contributed by atoms with van der Waals surface area (Å²) in [5.41, 5.74) is 0.705. The van der Waals surface area contributed by atoms with Gasteiger partial charge in [0.2, 0.25) is 10.0 Å². The van der Waals surface area contributed by atoms with Gasteiger partial charge in [-0.05, 0) is 12.8 Å². The van der Waals surface area contributed by atoms with E-state index in [0.717, 1.165) is 19.3 Å². The van der Waals surface area contributed by atoms with Crippen molar-refractivity contribution in [2.75, 3.05) is 27.3 Å². The van der Waals surface area contributed by atoms with Crippen LogP contribution in [-0.4, -0.2) is 62.3 Å². The third-order valence-corrected chi connectivity index (χ3v) is 6.61. The van der Waals surface area contributed by atoms with Crippen LogP contribution in [0.25, 0.3) is 0 Å². The average molecular weight is 343 g/mol. The quantitative estimate of drug-likeness (QED) is 0.754. The van der Waals surface area contributed by atoms with E-state index in [2.05, 4.69) is 14.9 Å². The fraction of sp³-hybridized carbons (Fsp3) is 0.714. The summed E-state index contributed by atoms with van der Waals surface area (Å²) in [6.07, 6.45) is 3.73. The maximum atomic E-state index is 12.7. The molecule has 1 aromatic heterocycles. The Morgan fingerprint density at radius 2 is 2.09 bits per heavy atom. The Hall–Kier alpha value is -1.45. The number of methoxy groups -OCH3 is 2. The van der Waals surface area contributed by atoms with E-state index in [0.29, 0.717) is 5.69 Å². The molecule has 128 valence electrons. The van der Waals surface area contributed by atoms with Crippen molar-refractivity contribution in [3.05, 3.63) is 11.9 Å². The molecule has 2 heterocycles. The highest BCUT2D eigenvalue weighted by atomic mass is 32.2. The second-order valence-electron chi connectivity index (χ2n) is 6.04. The van der Waals surface area contributed by atoms with Crippen molar-refractivity contribution in [2.24, 2.45) is 5.92 Å². The number of aromatic amines is 1. The van der Waals surface area contributed by atoms with E-state index < -0.39 is 22.1 Å². The van der Waals surface area contributed by atoms with E-state index >= 15 is 0 Å². The zero-order chi connectivity index (χ0) is 16.6. The predicted octanol–water partition coefficient (Wildman–Crippen LogP) is 0.486. The number of nitrogens with one attached hydrogen (secondary N) is 1. The van der Waals surface area contributed by atoms with Crippen molar-refractivity contribution >= 4 is 16.0 Å². The summed E-state index contributed by atoms with van der Waals surface area (Å²) in [6, 6.07) is 0. The molecule has 8 nitrogen and oxygen atoms in total. The fourth-order valence-corrected chi connectivity index (χ4v) is 4.80. The first-order valence-corrected chi connectivity index (χ1v) is 9.07. The molecule has 1 aromatic rings. The lowest BCUT2D eigenvalue weighted by molar-refractivity contribution is -0.158. The Morgan fingerprint density at radius 3 is 2.61 bits per heavy atom. The van der Waals surface area contributed by atoms with Crippen molar-refractivity contribution in [2.45, 2.75) is 36.2 Å². The van der Waals surface area contributed by atoms with Gasteiger partial charge in [-0.3, -0.25) is 5.10 Å². The lowest BCUT2D eigenvalue weighted by atomic mass is 9.83. The molecule has 3 rings (SSSR count). The maximum Gasteiger partial charge on any atom is 0.335 e. The lowest BCUT2D eigenvalue weighted by Gasteiger charge is -2.40. The maximum absolute atomic E-state index is 12.7. The molecule has 1 aliphatic heterocycles. The Bertz CT molecular complexity index is 676. The highest BCUT2D eigenvalue weighted by molar-refractivity contribution is 7.89. The van der Waals surface area contributed by atoms with Crippen LogP contribution in [-0.2, 0) is 24.3 Å². The zero-order valence-corrected chi connectivity index (χ0v) is 14.0. The number of H-pyrrole nitrogens is 1. The normalized spacial score (nSPS) is 21.5. The molecule has 0 spiro atoms. The minimum atomic E-state index is -3.59.